The van der Waals surface area contributed by atoms with Crippen LogP contribution >= 0.6 is 0 Å². The van der Waals surface area contributed by atoms with Crippen LogP contribution in [0.4, 0.5) is 0 Å². The molecule has 51 heavy (non-hydrogen) atoms. The van der Waals surface area contributed by atoms with Crippen molar-refractivity contribution in [1.29, 1.82) is 0 Å². The molecule has 1 atom stereocenters. The lowest BCUT2D eigenvalue weighted by Crippen LogP contribution is -2.44. The molecule has 0 saturated carbocycles. The number of unbranched alkanes of at least 4 members (excludes halogenated alkanes) is 4. The van der Waals surface area contributed by atoms with E-state index >= 15 is 0 Å². The van der Waals surface area contributed by atoms with Crippen LogP contribution in [-0.4, -0.2) is 155 Å². The molecule has 0 aromatic heterocycles. The third-order valence-electron chi connectivity index (χ3n) is 7.04. The van der Waals surface area contributed by atoms with Crippen molar-refractivity contribution >= 4 is 41.6 Å². The zero-order valence-electron chi connectivity index (χ0n) is 29.6. The normalized spacial score (nSPS) is 11.1. The molecule has 0 spiro atoms. The first-order chi connectivity index (χ1) is 24.1. The van der Waals surface area contributed by atoms with Gasteiger partial charge in [0.25, 0.3) is 5.97 Å². The van der Waals surface area contributed by atoms with Gasteiger partial charge >= 0.3 is 24.1 Å². The first kappa shape index (κ1) is 48.7. The minimum atomic E-state index is -1.14. The number of Topliss-reactive ketones (excluding diaryl/α,β-unsaturated/α-hetero) is 2. The molecule has 0 unspecified atom stereocenters. The molecule has 1 aromatic rings. The summed E-state index contributed by atoms with van der Waals surface area (Å²) in [4.78, 5) is 88.0. The highest BCUT2D eigenvalue weighted by Crippen LogP contribution is 2.08. The minimum absolute atomic E-state index is 0.0113. The van der Waals surface area contributed by atoms with Gasteiger partial charge in [-0.1, -0.05) is 49.6 Å². The summed E-state index contributed by atoms with van der Waals surface area (Å²) in [6.45, 7) is 1.83. The maximum Gasteiger partial charge on any atom is 0.373 e. The lowest BCUT2D eigenvalue weighted by Gasteiger charge is -2.27. The van der Waals surface area contributed by atoms with Gasteiger partial charge in [-0.15, -0.1) is 0 Å². The number of nitrogens with zero attached hydrogens (tertiary/aromatic N) is 3. The summed E-state index contributed by atoms with van der Waals surface area (Å²) in [7, 11) is 1.65. The zero-order chi connectivity index (χ0) is 39.0. The number of ether oxygens (including phenoxy) is 1. The van der Waals surface area contributed by atoms with Gasteiger partial charge in [0.2, 0.25) is 0 Å². The van der Waals surface area contributed by atoms with Crippen LogP contribution in [0.5, 0.6) is 0 Å². The number of hydrogen-bond donors (Lipinski definition) is 5. The van der Waals surface area contributed by atoms with Gasteiger partial charge in [0.05, 0.1) is 32.2 Å². The molecule has 0 saturated heterocycles. The van der Waals surface area contributed by atoms with Gasteiger partial charge in [0.15, 0.2) is 5.78 Å². The summed E-state index contributed by atoms with van der Waals surface area (Å²) in [5.74, 6) is -4.18. The van der Waals surface area contributed by atoms with E-state index in [-0.39, 0.29) is 50.5 Å². The van der Waals surface area contributed by atoms with Gasteiger partial charge in [-0.25, -0.2) is 0 Å². The highest BCUT2D eigenvalue weighted by Gasteiger charge is 2.18. The lowest BCUT2D eigenvalue weighted by molar-refractivity contribution is -0.192. The third kappa shape index (κ3) is 33.9. The minimum Gasteiger partial charge on any atom is -0.481 e. The molecule has 0 amide bonds. The van der Waals surface area contributed by atoms with E-state index < -0.39 is 43.0 Å². The smallest absolute Gasteiger partial charge is 0.373 e. The fourth-order valence-corrected chi connectivity index (χ4v) is 4.56. The lowest BCUT2D eigenvalue weighted by atomic mass is 10.0. The summed E-state index contributed by atoms with van der Waals surface area (Å²) >= 11 is 0. The molecular weight excluding hydrogens is 672 g/mol. The van der Waals surface area contributed by atoms with E-state index in [4.69, 9.17) is 45.3 Å². The molecule has 0 bridgehead atoms. The second kappa shape index (κ2) is 31.6. The summed E-state index contributed by atoms with van der Waals surface area (Å²) in [5, 5.41) is 34.5. The molecule has 0 aliphatic heterocycles. The van der Waals surface area contributed by atoms with E-state index in [1.807, 2.05) is 35.2 Å². The predicted octanol–water partition coefficient (Wildman–Crippen LogP) is 0.739. The fraction of sp³-hybridized carbons (Fsp3) is 0.618. The van der Waals surface area contributed by atoms with E-state index in [1.165, 1.54) is 4.90 Å². The number of carbonyl (C=O) groups is 6. The second-order valence-corrected chi connectivity index (χ2v) is 11.7. The van der Waals surface area contributed by atoms with E-state index in [2.05, 4.69) is 0 Å². The monoisotopic (exact) mass is 726 g/mol. The number of benzene rings is 1. The summed E-state index contributed by atoms with van der Waals surface area (Å²) in [5.41, 5.74) is 7.15. The van der Waals surface area contributed by atoms with Gasteiger partial charge < -0.3 is 30.9 Å². The number of carboxylic acids is 4. The number of carbonyl (C=O) groups excluding carboxylic acids is 4. The van der Waals surface area contributed by atoms with Gasteiger partial charge in [-0.3, -0.25) is 43.5 Å². The molecule has 288 valence electrons. The molecule has 0 aliphatic carbocycles. The first-order valence-corrected chi connectivity index (χ1v) is 16.5. The number of carboxylic acid groups (broad SMARTS) is 4. The van der Waals surface area contributed by atoms with Crippen molar-refractivity contribution in [2.24, 2.45) is 5.73 Å². The van der Waals surface area contributed by atoms with E-state index in [1.54, 1.807) is 11.9 Å². The molecule has 17 nitrogen and oxygen atoms in total. The summed E-state index contributed by atoms with van der Waals surface area (Å²) < 4.78 is 5.51. The number of ketones is 2. The Kier molecular flexibility index (Phi) is 30.2. The van der Waals surface area contributed by atoms with Gasteiger partial charge in [-0.05, 0) is 38.3 Å². The predicted molar refractivity (Wildman–Crippen MR) is 183 cm³/mol. The van der Waals surface area contributed by atoms with Crippen molar-refractivity contribution < 1.29 is 63.5 Å². The maximum atomic E-state index is 12.7. The number of rotatable bonds is 28. The first-order valence-electron chi connectivity index (χ1n) is 16.5. The van der Waals surface area contributed by atoms with Crippen LogP contribution < -0.4 is 5.73 Å². The average Bonchev–Trinajstić information content (AvgIpc) is 3.03. The Hall–Kier alpha value is -4.38. The highest BCUT2D eigenvalue weighted by atomic mass is 16.5. The Morgan fingerprint density at radius 2 is 1.24 bits per heavy atom. The van der Waals surface area contributed by atoms with Crippen LogP contribution in [-0.2, 0) is 49.5 Å². The quantitative estimate of drug-likeness (QED) is 0.0746. The van der Waals surface area contributed by atoms with Crippen LogP contribution in [0.2, 0.25) is 0 Å². The third-order valence-corrected chi connectivity index (χ3v) is 7.04. The molecular formula is C34H54N4O13. The Balaban J connectivity index is 0. The molecule has 1 aromatic carbocycles. The topological polar surface area (TPSA) is 262 Å². The van der Waals surface area contributed by atoms with Crippen molar-refractivity contribution in [3.63, 3.8) is 0 Å². The van der Waals surface area contributed by atoms with Crippen molar-refractivity contribution in [2.45, 2.75) is 64.3 Å². The molecule has 0 heterocycles. The maximum absolute atomic E-state index is 12.7. The van der Waals surface area contributed by atoms with E-state index in [0.29, 0.717) is 39.0 Å². The van der Waals surface area contributed by atoms with Crippen LogP contribution in [0, 0.1) is 0 Å². The second-order valence-electron chi connectivity index (χ2n) is 11.7. The highest BCUT2D eigenvalue weighted by molar-refractivity contribution is 5.85. The Labute approximate surface area is 298 Å². The molecule has 0 radical (unpaired) electrons. The largest absolute Gasteiger partial charge is 0.481 e. The standard InChI is InChI=1S/C31H50N4O9.C2H4O2.CO2/c1-33(21-29(38)39)15-16-34(17-18-35(22-30(40)41)23-31(42)43)20-26(36)12-8-3-2-4-9-19-44-24-28(37)27(32)14-13-25-10-6-5-7-11-25;1-2(3)4;2-1-3/h5-7,10-11,27H,2-4,8-9,12-24,32H2,1H3,(H,38,39)(H,40,41)(H,42,43);1H3,(H,3,4);/t27-;;/m1../s1. The number of aryl methyl sites for hydroxylation is 1. The SMILES string of the molecule is CC(=O)O.CN(CCN(CCN(CC(=O)O)CC(=O)O)CC(=O)CCCCCCCOCC(=O)[C@H](N)CCc1ccccc1)CC(=O)O.O=C=O. The molecule has 1 rings (SSSR count). The van der Waals surface area contributed by atoms with Gasteiger partial charge in [0, 0.05) is 46.1 Å². The summed E-state index contributed by atoms with van der Waals surface area (Å²) in [6.07, 6.45) is 6.17. The van der Waals surface area contributed by atoms with Crippen LogP contribution in [0.25, 0.3) is 0 Å². The fourth-order valence-electron chi connectivity index (χ4n) is 4.56. The summed E-state index contributed by atoms with van der Waals surface area (Å²) in [6, 6.07) is 9.35. The van der Waals surface area contributed by atoms with Crippen LogP contribution in [0.15, 0.2) is 30.3 Å². The average molecular weight is 727 g/mol. The van der Waals surface area contributed by atoms with E-state index in [9.17, 15) is 24.0 Å². The molecule has 0 fully saturated rings. The number of nitrogens with two attached hydrogens (primary N) is 1. The van der Waals surface area contributed by atoms with Gasteiger partial charge in [0.1, 0.15) is 12.4 Å². The van der Waals surface area contributed by atoms with Crippen molar-refractivity contribution in [3.8, 4) is 0 Å². The van der Waals surface area contributed by atoms with Crippen molar-refractivity contribution in [1.82, 2.24) is 14.7 Å². The molecule has 17 heteroatoms. The molecule has 0 aliphatic rings. The number of aliphatic carboxylic acids is 4. The Morgan fingerprint density at radius 3 is 1.78 bits per heavy atom. The van der Waals surface area contributed by atoms with Crippen LogP contribution in [0.3, 0.4) is 0 Å². The van der Waals surface area contributed by atoms with Gasteiger partial charge in [-0.2, -0.15) is 9.59 Å². The Bertz CT molecular complexity index is 1170. The Morgan fingerprint density at radius 1 is 0.745 bits per heavy atom. The number of likely N-dealkylation sites (N-methyl/N-ethyl adjacent to an activating group) is 1. The van der Waals surface area contributed by atoms with Crippen LogP contribution in [0.1, 0.15) is 57.4 Å². The van der Waals surface area contributed by atoms with Crippen molar-refractivity contribution in [3.05, 3.63) is 35.9 Å². The number of hydrogen-bond acceptors (Lipinski definition) is 13. The molecule has 6 N–H and O–H groups in total. The zero-order valence-corrected chi connectivity index (χ0v) is 29.6. The van der Waals surface area contributed by atoms with E-state index in [0.717, 1.165) is 44.6 Å². The van der Waals surface area contributed by atoms with Crippen molar-refractivity contribution in [2.75, 3.05) is 72.6 Å².